The Morgan fingerprint density at radius 3 is 2.89 bits per heavy atom. The molecular formula is C28H22ClN7O. The topological polar surface area (TPSA) is 101 Å². The third-order valence-electron chi connectivity index (χ3n) is 7.28. The molecule has 1 amide bonds. The standard InChI is InChI=1S/C28H22ClN7O/c29-19-5-3-17(11-30)21(9-19)22-10-23(22)28(37)33-27-24-15-36(34-25(24)7-8-31-27)14-20-13-35-12-18(16-1-2-16)4-6-26(35)32-20/h3-9,12-13,15-16,22-23H,1-2,10,14H2,(H,31,33,37). The van der Waals surface area contributed by atoms with Crippen molar-refractivity contribution in [3.8, 4) is 6.07 Å². The van der Waals surface area contributed by atoms with Gasteiger partial charge in [-0.1, -0.05) is 17.7 Å². The first-order valence-corrected chi connectivity index (χ1v) is 12.7. The van der Waals surface area contributed by atoms with Gasteiger partial charge in [0.05, 0.1) is 34.8 Å². The molecule has 7 rings (SSSR count). The van der Waals surface area contributed by atoms with Crippen molar-refractivity contribution in [2.24, 2.45) is 5.92 Å². The lowest BCUT2D eigenvalue weighted by atomic mass is 10.0. The average Bonchev–Trinajstić information content (AvgIpc) is 3.81. The van der Waals surface area contributed by atoms with Crippen molar-refractivity contribution in [1.29, 1.82) is 5.26 Å². The van der Waals surface area contributed by atoms with Gasteiger partial charge in [0.1, 0.15) is 11.5 Å². The molecule has 2 unspecified atom stereocenters. The highest BCUT2D eigenvalue weighted by Crippen LogP contribution is 2.49. The number of anilines is 1. The number of imidazole rings is 1. The van der Waals surface area contributed by atoms with Gasteiger partial charge in [-0.25, -0.2) is 9.97 Å². The van der Waals surface area contributed by atoms with Gasteiger partial charge in [-0.15, -0.1) is 0 Å². The van der Waals surface area contributed by atoms with Crippen LogP contribution in [0.3, 0.4) is 0 Å². The molecule has 2 saturated carbocycles. The number of carbonyl (C=O) groups is 1. The van der Waals surface area contributed by atoms with Crippen molar-refractivity contribution < 1.29 is 4.79 Å². The zero-order chi connectivity index (χ0) is 25.1. The number of benzene rings is 1. The zero-order valence-corrected chi connectivity index (χ0v) is 20.6. The van der Waals surface area contributed by atoms with Crippen LogP contribution in [-0.2, 0) is 11.3 Å². The Morgan fingerprint density at radius 1 is 1.16 bits per heavy atom. The van der Waals surface area contributed by atoms with Crippen LogP contribution < -0.4 is 5.32 Å². The Bertz CT molecular complexity index is 1740. The van der Waals surface area contributed by atoms with Gasteiger partial charge in [-0.05, 0) is 72.6 Å². The fraction of sp³-hybridized carbons (Fsp3) is 0.250. The third-order valence-corrected chi connectivity index (χ3v) is 7.52. The first kappa shape index (κ1) is 22.0. The summed E-state index contributed by atoms with van der Waals surface area (Å²) in [6, 6.07) is 13.5. The van der Waals surface area contributed by atoms with E-state index in [-0.39, 0.29) is 17.7 Å². The summed E-state index contributed by atoms with van der Waals surface area (Å²) in [5.41, 5.74) is 5.33. The number of pyridine rings is 2. The summed E-state index contributed by atoms with van der Waals surface area (Å²) in [7, 11) is 0. The quantitative estimate of drug-likeness (QED) is 0.337. The Kier molecular flexibility index (Phi) is 5.01. The number of fused-ring (bicyclic) bond motifs is 2. The van der Waals surface area contributed by atoms with Crippen LogP contribution in [0.25, 0.3) is 16.6 Å². The van der Waals surface area contributed by atoms with Crippen LogP contribution in [0.1, 0.15) is 53.5 Å². The highest BCUT2D eigenvalue weighted by molar-refractivity contribution is 6.30. The fourth-order valence-electron chi connectivity index (χ4n) is 5.12. The molecule has 182 valence electrons. The maximum Gasteiger partial charge on any atom is 0.229 e. The second-order valence-corrected chi connectivity index (χ2v) is 10.4. The number of hydrogen-bond donors (Lipinski definition) is 1. The largest absolute Gasteiger partial charge is 0.310 e. The van der Waals surface area contributed by atoms with Gasteiger partial charge in [-0.2, -0.15) is 10.4 Å². The number of amides is 1. The first-order chi connectivity index (χ1) is 18.1. The van der Waals surface area contributed by atoms with Crippen LogP contribution in [0.5, 0.6) is 0 Å². The third kappa shape index (κ3) is 4.11. The summed E-state index contributed by atoms with van der Waals surface area (Å²) >= 11 is 6.14. The van der Waals surface area contributed by atoms with Crippen molar-refractivity contribution >= 4 is 39.9 Å². The smallest absolute Gasteiger partial charge is 0.229 e. The highest BCUT2D eigenvalue weighted by atomic mass is 35.5. The highest BCUT2D eigenvalue weighted by Gasteiger charge is 2.45. The van der Waals surface area contributed by atoms with E-state index < -0.39 is 0 Å². The Labute approximate surface area is 217 Å². The molecule has 2 aliphatic carbocycles. The number of nitriles is 1. The number of rotatable bonds is 6. The molecule has 2 aliphatic rings. The minimum atomic E-state index is -0.226. The molecule has 0 spiro atoms. The van der Waals surface area contributed by atoms with Crippen molar-refractivity contribution in [3.63, 3.8) is 0 Å². The number of nitrogens with one attached hydrogen (secondary N) is 1. The summed E-state index contributed by atoms with van der Waals surface area (Å²) in [5, 5.41) is 18.4. The Balaban J connectivity index is 1.10. The summed E-state index contributed by atoms with van der Waals surface area (Å²) in [6.45, 7) is 0.513. The molecule has 4 aromatic heterocycles. The normalized spacial score (nSPS) is 18.7. The molecular weight excluding hydrogens is 486 g/mol. The van der Waals surface area contributed by atoms with Gasteiger partial charge >= 0.3 is 0 Å². The van der Waals surface area contributed by atoms with Crippen LogP contribution in [0.4, 0.5) is 5.82 Å². The first-order valence-electron chi connectivity index (χ1n) is 12.4. The van der Waals surface area contributed by atoms with E-state index in [4.69, 9.17) is 16.6 Å². The van der Waals surface area contributed by atoms with Crippen molar-refractivity contribution in [1.82, 2.24) is 24.1 Å². The van der Waals surface area contributed by atoms with Gasteiger partial charge in [0.2, 0.25) is 5.91 Å². The summed E-state index contributed by atoms with van der Waals surface area (Å²) in [6.07, 6.45) is 11.0. The molecule has 4 heterocycles. The Morgan fingerprint density at radius 2 is 2.05 bits per heavy atom. The predicted molar refractivity (Wildman–Crippen MR) is 139 cm³/mol. The van der Waals surface area contributed by atoms with Crippen LogP contribution in [0.2, 0.25) is 5.02 Å². The lowest BCUT2D eigenvalue weighted by molar-refractivity contribution is -0.117. The molecule has 1 aromatic carbocycles. The van der Waals surface area contributed by atoms with Crippen molar-refractivity contribution in [2.45, 2.75) is 37.6 Å². The molecule has 8 nitrogen and oxygen atoms in total. The van der Waals surface area contributed by atoms with E-state index >= 15 is 0 Å². The minimum Gasteiger partial charge on any atom is -0.310 e. The van der Waals surface area contributed by atoms with Crippen LogP contribution in [-0.4, -0.2) is 30.1 Å². The SMILES string of the molecule is N#Cc1ccc(Cl)cc1C1CC1C(=O)Nc1nccc2nn(Cc3cn4cc(C5CC5)ccc4n3)cc12. The van der Waals surface area contributed by atoms with Crippen LogP contribution in [0.15, 0.2) is 61.2 Å². The molecule has 2 fully saturated rings. The van der Waals surface area contributed by atoms with E-state index in [0.717, 1.165) is 27.8 Å². The van der Waals surface area contributed by atoms with E-state index in [2.05, 4.69) is 44.2 Å². The molecule has 5 aromatic rings. The summed E-state index contributed by atoms with van der Waals surface area (Å²) < 4.78 is 3.92. The number of hydrogen-bond acceptors (Lipinski definition) is 5. The van der Waals surface area contributed by atoms with Crippen molar-refractivity contribution in [3.05, 3.63) is 88.6 Å². The Hall–Kier alpha value is -4.22. The monoisotopic (exact) mass is 507 g/mol. The molecule has 37 heavy (non-hydrogen) atoms. The fourth-order valence-corrected chi connectivity index (χ4v) is 5.30. The van der Waals surface area contributed by atoms with Gasteiger partial charge < -0.3 is 9.72 Å². The summed E-state index contributed by atoms with van der Waals surface area (Å²) in [5.74, 6) is 0.808. The number of nitrogens with zero attached hydrogens (tertiary/aromatic N) is 6. The average molecular weight is 508 g/mol. The van der Waals surface area contributed by atoms with E-state index in [1.807, 2.05) is 23.1 Å². The van der Waals surface area contributed by atoms with E-state index in [9.17, 15) is 10.1 Å². The van der Waals surface area contributed by atoms with Crippen LogP contribution >= 0.6 is 11.6 Å². The van der Waals surface area contributed by atoms with E-state index in [0.29, 0.717) is 35.3 Å². The molecule has 1 N–H and O–H groups in total. The molecule has 0 radical (unpaired) electrons. The van der Waals surface area contributed by atoms with Crippen molar-refractivity contribution in [2.75, 3.05) is 5.32 Å². The van der Waals surface area contributed by atoms with Gasteiger partial charge in [0, 0.05) is 35.7 Å². The summed E-state index contributed by atoms with van der Waals surface area (Å²) in [4.78, 5) is 22.2. The van der Waals surface area contributed by atoms with E-state index in [1.165, 1.54) is 18.4 Å². The minimum absolute atomic E-state index is 0.0224. The predicted octanol–water partition coefficient (Wildman–Crippen LogP) is 5.27. The van der Waals surface area contributed by atoms with Crippen LogP contribution in [0, 0.1) is 17.2 Å². The lowest BCUT2D eigenvalue weighted by Crippen LogP contribution is -2.15. The molecule has 9 heteroatoms. The maximum atomic E-state index is 13.1. The molecule has 0 aliphatic heterocycles. The second-order valence-electron chi connectivity index (χ2n) is 9.93. The molecule has 2 atom stereocenters. The van der Waals surface area contributed by atoms with Gasteiger partial charge in [0.25, 0.3) is 0 Å². The van der Waals surface area contributed by atoms with Gasteiger partial charge in [-0.3, -0.25) is 9.48 Å². The zero-order valence-electron chi connectivity index (χ0n) is 19.8. The maximum absolute atomic E-state index is 13.1. The van der Waals surface area contributed by atoms with Gasteiger partial charge in [0.15, 0.2) is 0 Å². The number of carbonyl (C=O) groups excluding carboxylic acids is 1. The molecule has 0 saturated heterocycles. The molecule has 0 bridgehead atoms. The van der Waals surface area contributed by atoms with E-state index in [1.54, 1.807) is 24.4 Å². The lowest BCUT2D eigenvalue weighted by Gasteiger charge is -2.06. The number of aromatic nitrogens is 5. The number of halogens is 1. The second kappa shape index (κ2) is 8.43.